The summed E-state index contributed by atoms with van der Waals surface area (Å²) >= 11 is 0. The molecule has 0 spiro atoms. The van der Waals surface area contributed by atoms with Crippen LogP contribution in [0.15, 0.2) is 24.4 Å². The van der Waals surface area contributed by atoms with Crippen molar-refractivity contribution in [1.29, 1.82) is 0 Å². The van der Waals surface area contributed by atoms with Gasteiger partial charge >= 0.3 is 37.1 Å². The van der Waals surface area contributed by atoms with E-state index >= 15 is 0 Å². The van der Waals surface area contributed by atoms with Crippen LogP contribution in [0, 0.1) is 58.0 Å². The van der Waals surface area contributed by atoms with E-state index in [0.717, 1.165) is 16.9 Å². The fraction of sp³-hybridized carbons (Fsp3) is 0. The number of halogens is 1. The summed E-state index contributed by atoms with van der Waals surface area (Å²) in [5.74, 6) is -1.85. The minimum Gasteiger partial charge on any atom is -0.478 e. The first-order valence-electron chi connectivity index (χ1n) is 4.00. The molecule has 0 fully saturated rings. The second kappa shape index (κ2) is 8.01. The first-order valence-corrected chi connectivity index (χ1v) is 4.00. The maximum Gasteiger partial charge on any atom is 3.00 e. The molecule has 2 aromatic rings. The second-order valence-corrected chi connectivity index (χ2v) is 2.73. The Hall–Kier alpha value is -1.19. The van der Waals surface area contributed by atoms with E-state index in [4.69, 9.17) is 5.11 Å². The SMILES string of the molecule is O=C(O)c1cc(F)ccc1-n1n[c-]cn1.[CH3-].[CH3-].[U+3]. The molecule has 0 aliphatic rings. The van der Waals surface area contributed by atoms with Crippen LogP contribution in [0.25, 0.3) is 5.69 Å². The summed E-state index contributed by atoms with van der Waals surface area (Å²) in [7, 11) is 0. The first-order chi connectivity index (χ1) is 7.18. The number of aromatic nitrogens is 3. The van der Waals surface area contributed by atoms with E-state index in [1.54, 1.807) is 0 Å². The number of hydrogen-bond acceptors (Lipinski definition) is 3. The third kappa shape index (κ3) is 3.93. The molecule has 93 valence electrons. The predicted molar refractivity (Wildman–Crippen MR) is 59.9 cm³/mol. The Morgan fingerprint density at radius 3 is 2.56 bits per heavy atom. The van der Waals surface area contributed by atoms with Crippen LogP contribution in [0.5, 0.6) is 0 Å². The predicted octanol–water partition coefficient (Wildman–Crippen LogP) is 1.81. The Morgan fingerprint density at radius 1 is 1.39 bits per heavy atom. The number of aromatic carboxylic acids is 1. The van der Waals surface area contributed by atoms with Crippen LogP contribution in [0.2, 0.25) is 0 Å². The molecule has 1 aromatic heterocycles. The first kappa shape index (κ1) is 19.2. The Morgan fingerprint density at radius 2 is 2.06 bits per heavy atom. The molecular formula is C11H11FN3O2U. The molecule has 1 aromatic carbocycles. The molecule has 1 heterocycles. The van der Waals surface area contributed by atoms with Crippen molar-refractivity contribution in [3.63, 3.8) is 0 Å². The van der Waals surface area contributed by atoms with Crippen molar-refractivity contribution in [1.82, 2.24) is 15.0 Å². The van der Waals surface area contributed by atoms with Crippen molar-refractivity contribution in [3.8, 4) is 5.69 Å². The number of nitrogens with zero attached hydrogens (tertiary/aromatic N) is 3. The molecule has 0 saturated heterocycles. The molecule has 0 aliphatic carbocycles. The summed E-state index contributed by atoms with van der Waals surface area (Å²) in [4.78, 5) is 11.9. The molecule has 18 heavy (non-hydrogen) atoms. The van der Waals surface area contributed by atoms with Crippen LogP contribution < -0.4 is 0 Å². The minimum atomic E-state index is -1.23. The zero-order valence-electron chi connectivity index (χ0n) is 9.88. The van der Waals surface area contributed by atoms with E-state index in [2.05, 4.69) is 16.4 Å². The summed E-state index contributed by atoms with van der Waals surface area (Å²) < 4.78 is 12.8. The number of carboxylic acid groups (broad SMARTS) is 1. The van der Waals surface area contributed by atoms with E-state index in [0.29, 0.717) is 0 Å². The van der Waals surface area contributed by atoms with Gasteiger partial charge in [-0.3, -0.25) is 0 Å². The molecule has 0 amide bonds. The largest absolute Gasteiger partial charge is 3.00 e. The van der Waals surface area contributed by atoms with Crippen molar-refractivity contribution < 1.29 is 45.4 Å². The topological polar surface area (TPSA) is 68.0 Å². The molecule has 1 radical (unpaired) electrons. The van der Waals surface area contributed by atoms with Crippen LogP contribution in [-0.2, 0) is 0 Å². The third-order valence-electron chi connectivity index (χ3n) is 1.78. The molecule has 5 nitrogen and oxygen atoms in total. The molecular weight excluding hydrogens is 463 g/mol. The van der Waals surface area contributed by atoms with Crippen LogP contribution in [-0.4, -0.2) is 26.1 Å². The molecule has 0 unspecified atom stereocenters. The Labute approximate surface area is 128 Å². The third-order valence-corrected chi connectivity index (χ3v) is 1.78. The van der Waals surface area contributed by atoms with E-state index in [9.17, 15) is 9.18 Å². The number of carboxylic acids is 1. The quantitative estimate of drug-likeness (QED) is 0.675. The van der Waals surface area contributed by atoms with E-state index in [1.807, 2.05) is 0 Å². The second-order valence-electron chi connectivity index (χ2n) is 2.73. The van der Waals surface area contributed by atoms with Gasteiger partial charge in [-0.25, -0.2) is 9.18 Å². The molecule has 0 bridgehead atoms. The monoisotopic (exact) mass is 474 g/mol. The summed E-state index contributed by atoms with van der Waals surface area (Å²) in [6.07, 6.45) is 3.71. The smallest absolute Gasteiger partial charge is 0.478 e. The zero-order valence-corrected chi connectivity index (χ0v) is 14.0. The van der Waals surface area contributed by atoms with Gasteiger partial charge in [0.25, 0.3) is 0 Å². The molecule has 1 N–H and O–H groups in total. The van der Waals surface area contributed by atoms with Gasteiger partial charge < -0.3 is 31.3 Å². The van der Waals surface area contributed by atoms with Crippen LogP contribution in [0.4, 0.5) is 4.39 Å². The van der Waals surface area contributed by atoms with Crippen LogP contribution in [0.3, 0.4) is 0 Å². The van der Waals surface area contributed by atoms with Gasteiger partial charge in [-0.2, -0.15) is 9.90 Å². The average molecular weight is 474 g/mol. The Balaban J connectivity index is 0. The molecule has 0 aliphatic heterocycles. The summed E-state index contributed by atoms with van der Waals surface area (Å²) in [5.41, 5.74) is 0.00440. The fourth-order valence-electron chi connectivity index (χ4n) is 1.16. The van der Waals surface area contributed by atoms with Crippen molar-refractivity contribution in [2.75, 3.05) is 0 Å². The van der Waals surface area contributed by atoms with Gasteiger partial charge in [-0.15, -0.1) is 6.20 Å². The molecule has 0 atom stereocenters. The van der Waals surface area contributed by atoms with Gasteiger partial charge in [0.1, 0.15) is 5.82 Å². The number of hydrogen-bond donors (Lipinski definition) is 1. The normalized spacial score (nSPS) is 8.50. The van der Waals surface area contributed by atoms with Crippen LogP contribution in [0.1, 0.15) is 10.4 Å². The van der Waals surface area contributed by atoms with Gasteiger partial charge in [-0.1, -0.05) is 0 Å². The standard InChI is InChI=1S/C9H5FN3O2.2CH3.U/c10-6-1-2-8(7(5-6)9(14)15)13-11-3-4-12-13;;;/h1-3,5H,(H,14,15);2*1H3;/q3*-1;+3. The van der Waals surface area contributed by atoms with E-state index in [-0.39, 0.29) is 57.2 Å². The number of carbonyl (C=O) groups is 1. The van der Waals surface area contributed by atoms with Gasteiger partial charge in [0, 0.05) is 0 Å². The van der Waals surface area contributed by atoms with E-state index in [1.165, 1.54) is 12.3 Å². The number of benzene rings is 1. The fourth-order valence-corrected chi connectivity index (χ4v) is 1.16. The molecule has 7 heteroatoms. The maximum absolute atomic E-state index is 12.8. The minimum absolute atomic E-state index is 0. The van der Waals surface area contributed by atoms with Gasteiger partial charge in [0.2, 0.25) is 0 Å². The number of rotatable bonds is 2. The summed E-state index contributed by atoms with van der Waals surface area (Å²) in [6.45, 7) is 0. The van der Waals surface area contributed by atoms with Crippen molar-refractivity contribution in [2.24, 2.45) is 0 Å². The average Bonchev–Trinajstić information content (AvgIpc) is 2.70. The van der Waals surface area contributed by atoms with Crippen molar-refractivity contribution in [3.05, 3.63) is 56.8 Å². The summed E-state index contributed by atoms with van der Waals surface area (Å²) in [6, 6.07) is 3.36. The van der Waals surface area contributed by atoms with Gasteiger partial charge in [-0.05, 0) is 18.2 Å². The van der Waals surface area contributed by atoms with Crippen molar-refractivity contribution in [2.45, 2.75) is 0 Å². The van der Waals surface area contributed by atoms with Crippen LogP contribution >= 0.6 is 0 Å². The van der Waals surface area contributed by atoms with Gasteiger partial charge in [0.15, 0.2) is 0 Å². The Kier molecular flexibility index (Phi) is 8.52. The van der Waals surface area contributed by atoms with E-state index < -0.39 is 11.8 Å². The van der Waals surface area contributed by atoms with Gasteiger partial charge in [0.05, 0.1) is 11.3 Å². The molecule has 2 rings (SSSR count). The zero-order chi connectivity index (χ0) is 10.8. The van der Waals surface area contributed by atoms with Crippen molar-refractivity contribution >= 4 is 5.97 Å². The maximum atomic E-state index is 12.8. The Bertz CT molecular complexity index is 503. The summed E-state index contributed by atoms with van der Waals surface area (Å²) in [5, 5.41) is 16.2. The molecule has 0 saturated carbocycles.